The summed E-state index contributed by atoms with van der Waals surface area (Å²) in [5.41, 5.74) is 9.50. The maximum absolute atomic E-state index is 12.4. The molecule has 0 radical (unpaired) electrons. The smallest absolute Gasteiger partial charge is 0.253 e. The number of nitrogens with two attached hydrogens (primary N) is 1. The van der Waals surface area contributed by atoms with Crippen LogP contribution < -0.4 is 11.1 Å². The predicted octanol–water partition coefficient (Wildman–Crippen LogP) is 3.16. The fourth-order valence-corrected chi connectivity index (χ4v) is 2.52. The molecule has 0 saturated carbocycles. The van der Waals surface area contributed by atoms with Gasteiger partial charge in [-0.05, 0) is 30.9 Å². The van der Waals surface area contributed by atoms with E-state index in [4.69, 9.17) is 5.73 Å². The molecular weight excluding hydrogens is 286 g/mol. The standard InChI is InChI=1S/C19H25N3O/c1-13(2)8-18(10-20)22-19(23)17-9-16(11-21-12-17)15-6-4-14(3)5-7-15/h4-7,9,11-13,18H,8,10,20H2,1-3H3,(H,22,23). The first kappa shape index (κ1) is 17.2. The highest BCUT2D eigenvalue weighted by atomic mass is 16.1. The van der Waals surface area contributed by atoms with Gasteiger partial charge < -0.3 is 11.1 Å². The minimum atomic E-state index is -0.123. The number of nitrogens with zero attached hydrogens (tertiary/aromatic N) is 1. The summed E-state index contributed by atoms with van der Waals surface area (Å²) in [6.07, 6.45) is 4.24. The maximum Gasteiger partial charge on any atom is 0.253 e. The first-order valence-electron chi connectivity index (χ1n) is 8.02. The van der Waals surface area contributed by atoms with Crippen LogP contribution in [0.1, 0.15) is 36.2 Å². The molecule has 1 unspecified atom stereocenters. The summed E-state index contributed by atoms with van der Waals surface area (Å²) in [5, 5.41) is 3.00. The Kier molecular flexibility index (Phi) is 5.88. The number of aromatic nitrogens is 1. The van der Waals surface area contributed by atoms with Gasteiger partial charge in [-0.15, -0.1) is 0 Å². The second kappa shape index (κ2) is 7.88. The lowest BCUT2D eigenvalue weighted by Gasteiger charge is -2.18. The van der Waals surface area contributed by atoms with Gasteiger partial charge in [-0.25, -0.2) is 0 Å². The largest absolute Gasteiger partial charge is 0.348 e. The molecule has 0 aliphatic rings. The zero-order chi connectivity index (χ0) is 16.8. The summed E-state index contributed by atoms with van der Waals surface area (Å²) in [4.78, 5) is 16.6. The highest BCUT2D eigenvalue weighted by Gasteiger charge is 2.14. The fraction of sp³-hybridized carbons (Fsp3) is 0.368. The van der Waals surface area contributed by atoms with Gasteiger partial charge in [0.05, 0.1) is 5.56 Å². The summed E-state index contributed by atoms with van der Waals surface area (Å²) in [5.74, 6) is 0.364. The molecule has 0 spiro atoms. The molecule has 1 aromatic heterocycles. The van der Waals surface area contributed by atoms with Crippen LogP contribution in [-0.2, 0) is 0 Å². The molecule has 4 nitrogen and oxygen atoms in total. The van der Waals surface area contributed by atoms with E-state index in [1.54, 1.807) is 12.4 Å². The molecule has 1 atom stereocenters. The van der Waals surface area contributed by atoms with Crippen molar-refractivity contribution < 1.29 is 4.79 Å². The molecule has 122 valence electrons. The monoisotopic (exact) mass is 311 g/mol. The highest BCUT2D eigenvalue weighted by Crippen LogP contribution is 2.20. The molecule has 0 fully saturated rings. The van der Waals surface area contributed by atoms with Crippen LogP contribution in [0.5, 0.6) is 0 Å². The number of nitrogens with one attached hydrogen (secondary N) is 1. The van der Waals surface area contributed by atoms with Crippen LogP contribution >= 0.6 is 0 Å². The molecule has 0 saturated heterocycles. The summed E-state index contributed by atoms with van der Waals surface area (Å²) in [7, 11) is 0. The molecule has 4 heteroatoms. The Balaban J connectivity index is 2.15. The minimum Gasteiger partial charge on any atom is -0.348 e. The summed E-state index contributed by atoms with van der Waals surface area (Å²) in [6, 6.07) is 10.0. The van der Waals surface area contributed by atoms with Gasteiger partial charge in [0.15, 0.2) is 0 Å². The van der Waals surface area contributed by atoms with Gasteiger partial charge in [-0.1, -0.05) is 43.7 Å². The van der Waals surface area contributed by atoms with E-state index in [1.165, 1.54) is 5.56 Å². The minimum absolute atomic E-state index is 0.00877. The molecule has 0 aliphatic carbocycles. The van der Waals surface area contributed by atoms with E-state index in [0.717, 1.165) is 17.5 Å². The normalized spacial score (nSPS) is 12.2. The third-order valence-corrected chi connectivity index (χ3v) is 3.76. The molecule has 23 heavy (non-hydrogen) atoms. The number of carbonyl (C=O) groups excluding carboxylic acids is 1. The molecule has 3 N–H and O–H groups in total. The SMILES string of the molecule is Cc1ccc(-c2cncc(C(=O)NC(CN)CC(C)C)c2)cc1. The summed E-state index contributed by atoms with van der Waals surface area (Å²) < 4.78 is 0. The van der Waals surface area contributed by atoms with Gasteiger partial charge in [0.1, 0.15) is 0 Å². The maximum atomic E-state index is 12.4. The van der Waals surface area contributed by atoms with E-state index in [1.807, 2.05) is 25.1 Å². The Morgan fingerprint density at radius 2 is 1.87 bits per heavy atom. The van der Waals surface area contributed by atoms with Crippen molar-refractivity contribution in [2.75, 3.05) is 6.54 Å². The number of hydrogen-bond donors (Lipinski definition) is 2. The third kappa shape index (κ3) is 4.89. The van der Waals surface area contributed by atoms with Gasteiger partial charge in [0, 0.05) is 30.5 Å². The van der Waals surface area contributed by atoms with Crippen LogP contribution in [0.15, 0.2) is 42.7 Å². The van der Waals surface area contributed by atoms with Crippen LogP contribution in [0.3, 0.4) is 0 Å². The average molecular weight is 311 g/mol. The zero-order valence-corrected chi connectivity index (χ0v) is 14.0. The molecule has 0 aliphatic heterocycles. The number of amides is 1. The van der Waals surface area contributed by atoms with Gasteiger partial charge >= 0.3 is 0 Å². The molecule has 1 amide bonds. The molecular formula is C19H25N3O. The van der Waals surface area contributed by atoms with Crippen molar-refractivity contribution >= 4 is 5.91 Å². The van der Waals surface area contributed by atoms with Crippen molar-refractivity contribution in [3.63, 3.8) is 0 Å². The van der Waals surface area contributed by atoms with Crippen LogP contribution in [0, 0.1) is 12.8 Å². The lowest BCUT2D eigenvalue weighted by Crippen LogP contribution is -2.41. The van der Waals surface area contributed by atoms with Crippen LogP contribution in [0.2, 0.25) is 0 Å². The van der Waals surface area contributed by atoms with Gasteiger partial charge in [-0.3, -0.25) is 9.78 Å². The molecule has 2 aromatic rings. The van der Waals surface area contributed by atoms with Crippen LogP contribution in [-0.4, -0.2) is 23.5 Å². The Bertz CT molecular complexity index is 650. The fourth-order valence-electron chi connectivity index (χ4n) is 2.52. The summed E-state index contributed by atoms with van der Waals surface area (Å²) in [6.45, 7) is 6.73. The summed E-state index contributed by atoms with van der Waals surface area (Å²) >= 11 is 0. The van der Waals surface area contributed by atoms with E-state index in [-0.39, 0.29) is 11.9 Å². The van der Waals surface area contributed by atoms with Crippen LogP contribution in [0.4, 0.5) is 0 Å². The van der Waals surface area contributed by atoms with Gasteiger partial charge in [-0.2, -0.15) is 0 Å². The lowest BCUT2D eigenvalue weighted by atomic mass is 10.0. The van der Waals surface area contributed by atoms with Crippen molar-refractivity contribution in [1.29, 1.82) is 0 Å². The van der Waals surface area contributed by atoms with E-state index >= 15 is 0 Å². The second-order valence-electron chi connectivity index (χ2n) is 6.36. The third-order valence-electron chi connectivity index (χ3n) is 3.76. The van der Waals surface area contributed by atoms with E-state index in [0.29, 0.717) is 18.0 Å². The number of aryl methyl sites for hydroxylation is 1. The Hall–Kier alpha value is -2.20. The topological polar surface area (TPSA) is 68.0 Å². The molecule has 0 bridgehead atoms. The highest BCUT2D eigenvalue weighted by molar-refractivity contribution is 5.95. The predicted molar refractivity (Wildman–Crippen MR) is 94.2 cm³/mol. The van der Waals surface area contributed by atoms with Crippen molar-refractivity contribution in [1.82, 2.24) is 10.3 Å². The Morgan fingerprint density at radius 1 is 1.17 bits per heavy atom. The van der Waals surface area contributed by atoms with Crippen molar-refractivity contribution in [3.8, 4) is 11.1 Å². The Labute approximate surface area is 138 Å². The molecule has 1 heterocycles. The number of benzene rings is 1. The van der Waals surface area contributed by atoms with Gasteiger partial charge in [0.25, 0.3) is 5.91 Å². The lowest BCUT2D eigenvalue weighted by molar-refractivity contribution is 0.0933. The number of pyridine rings is 1. The second-order valence-corrected chi connectivity index (χ2v) is 6.36. The van der Waals surface area contributed by atoms with E-state index in [2.05, 4.69) is 36.3 Å². The van der Waals surface area contributed by atoms with E-state index in [9.17, 15) is 4.79 Å². The first-order valence-corrected chi connectivity index (χ1v) is 8.02. The molecule has 2 rings (SSSR count). The quantitative estimate of drug-likeness (QED) is 0.861. The van der Waals surface area contributed by atoms with Crippen molar-refractivity contribution in [3.05, 3.63) is 53.9 Å². The van der Waals surface area contributed by atoms with E-state index < -0.39 is 0 Å². The van der Waals surface area contributed by atoms with Crippen molar-refractivity contribution in [2.24, 2.45) is 11.7 Å². The molecule has 1 aromatic carbocycles. The number of rotatable bonds is 6. The van der Waals surface area contributed by atoms with Gasteiger partial charge in [0.2, 0.25) is 0 Å². The Morgan fingerprint density at radius 3 is 2.48 bits per heavy atom. The number of hydrogen-bond acceptors (Lipinski definition) is 3. The zero-order valence-electron chi connectivity index (χ0n) is 14.0. The van der Waals surface area contributed by atoms with Crippen LogP contribution in [0.25, 0.3) is 11.1 Å². The first-order chi connectivity index (χ1) is 11.0. The average Bonchev–Trinajstić information content (AvgIpc) is 2.54. The number of carbonyl (C=O) groups is 1. The van der Waals surface area contributed by atoms with Crippen molar-refractivity contribution in [2.45, 2.75) is 33.2 Å².